The first kappa shape index (κ1) is 16.6. The minimum atomic E-state index is -1.45. The summed E-state index contributed by atoms with van der Waals surface area (Å²) >= 11 is 5.63. The maximum Gasteiger partial charge on any atom is 0.340 e. The van der Waals surface area contributed by atoms with E-state index in [2.05, 4.69) is 0 Å². The molecule has 0 aromatic heterocycles. The third kappa shape index (κ3) is 3.55. The predicted molar refractivity (Wildman–Crippen MR) is 72.6 cm³/mol. The molecular formula is C14H16ClFO4. The van der Waals surface area contributed by atoms with Crippen molar-refractivity contribution in [3.8, 4) is 0 Å². The lowest BCUT2D eigenvalue weighted by molar-refractivity contribution is -0.128. The Morgan fingerprint density at radius 1 is 1.35 bits per heavy atom. The normalized spacial score (nSPS) is 11.4. The van der Waals surface area contributed by atoms with Gasteiger partial charge in [0.1, 0.15) is 17.2 Å². The van der Waals surface area contributed by atoms with Crippen LogP contribution in [-0.2, 0) is 11.2 Å². The van der Waals surface area contributed by atoms with Gasteiger partial charge in [0.25, 0.3) is 0 Å². The van der Waals surface area contributed by atoms with Gasteiger partial charge in [-0.25, -0.2) is 9.18 Å². The number of carboxylic acids is 1. The van der Waals surface area contributed by atoms with Gasteiger partial charge in [-0.3, -0.25) is 4.79 Å². The van der Waals surface area contributed by atoms with E-state index >= 15 is 0 Å². The summed E-state index contributed by atoms with van der Waals surface area (Å²) in [5, 5.41) is 17.8. The molecule has 0 bridgehead atoms. The molecule has 2 N–H and O–H groups in total. The highest BCUT2D eigenvalue weighted by molar-refractivity contribution is 6.33. The van der Waals surface area contributed by atoms with E-state index in [1.807, 2.05) is 0 Å². The second-order valence-electron chi connectivity index (χ2n) is 5.17. The summed E-state index contributed by atoms with van der Waals surface area (Å²) in [6.07, 6.45) is 0.0801. The first-order chi connectivity index (χ1) is 9.20. The van der Waals surface area contributed by atoms with E-state index in [4.69, 9.17) is 21.8 Å². The van der Waals surface area contributed by atoms with Crippen molar-refractivity contribution in [2.24, 2.45) is 5.41 Å². The van der Waals surface area contributed by atoms with Gasteiger partial charge < -0.3 is 10.2 Å². The number of aliphatic hydroxyl groups is 1. The van der Waals surface area contributed by atoms with Crippen molar-refractivity contribution in [2.45, 2.75) is 26.7 Å². The topological polar surface area (TPSA) is 74.6 Å². The number of carbonyl (C=O) groups is 2. The number of rotatable bonds is 6. The maximum atomic E-state index is 14.0. The number of hydrogen-bond acceptors (Lipinski definition) is 3. The van der Waals surface area contributed by atoms with Gasteiger partial charge in [0.2, 0.25) is 0 Å². The largest absolute Gasteiger partial charge is 0.478 e. The van der Waals surface area contributed by atoms with E-state index in [-0.39, 0.29) is 35.8 Å². The molecule has 110 valence electrons. The minimum absolute atomic E-state index is 0.0190. The van der Waals surface area contributed by atoms with Gasteiger partial charge in [-0.15, -0.1) is 0 Å². The monoisotopic (exact) mass is 302 g/mol. The Morgan fingerprint density at radius 3 is 2.45 bits per heavy atom. The molecule has 0 radical (unpaired) electrons. The highest BCUT2D eigenvalue weighted by Crippen LogP contribution is 2.25. The number of benzene rings is 1. The number of carbonyl (C=O) groups excluding carboxylic acids is 1. The molecule has 0 aliphatic rings. The van der Waals surface area contributed by atoms with Gasteiger partial charge in [-0.2, -0.15) is 0 Å². The molecule has 0 aliphatic heterocycles. The number of Topliss-reactive ketones (excluding diaryl/α,β-unsaturated/α-hetero) is 1. The van der Waals surface area contributed by atoms with Crippen LogP contribution in [0.25, 0.3) is 0 Å². The zero-order valence-electron chi connectivity index (χ0n) is 11.2. The molecule has 0 heterocycles. The molecule has 0 spiro atoms. The molecule has 0 saturated carbocycles. The molecule has 6 heteroatoms. The second kappa shape index (κ2) is 6.33. The Balaban J connectivity index is 2.93. The van der Waals surface area contributed by atoms with Crippen LogP contribution in [0.2, 0.25) is 5.02 Å². The summed E-state index contributed by atoms with van der Waals surface area (Å²) in [6.45, 7) is 2.89. The van der Waals surface area contributed by atoms with Gasteiger partial charge in [0.15, 0.2) is 0 Å². The van der Waals surface area contributed by atoms with Crippen LogP contribution in [0, 0.1) is 11.2 Å². The van der Waals surface area contributed by atoms with Crippen LogP contribution in [0.5, 0.6) is 0 Å². The fourth-order valence-corrected chi connectivity index (χ4v) is 1.89. The lowest BCUT2D eigenvalue weighted by Gasteiger charge is -2.19. The number of carboxylic acid groups (broad SMARTS) is 1. The van der Waals surface area contributed by atoms with Crippen LogP contribution in [-0.4, -0.2) is 28.6 Å². The van der Waals surface area contributed by atoms with Crippen molar-refractivity contribution in [3.05, 3.63) is 34.1 Å². The van der Waals surface area contributed by atoms with Gasteiger partial charge in [-0.05, 0) is 18.1 Å². The number of aryl methyl sites for hydroxylation is 1. The molecule has 0 aliphatic carbocycles. The van der Waals surface area contributed by atoms with E-state index in [0.717, 1.165) is 0 Å². The lowest BCUT2D eigenvalue weighted by atomic mass is 9.86. The van der Waals surface area contributed by atoms with Crippen molar-refractivity contribution in [1.29, 1.82) is 0 Å². The van der Waals surface area contributed by atoms with Gasteiger partial charge in [0.05, 0.1) is 11.6 Å². The average molecular weight is 303 g/mol. The van der Waals surface area contributed by atoms with Crippen molar-refractivity contribution in [3.63, 3.8) is 0 Å². The minimum Gasteiger partial charge on any atom is -0.478 e. The van der Waals surface area contributed by atoms with Crippen molar-refractivity contribution < 1.29 is 24.2 Å². The highest BCUT2D eigenvalue weighted by Gasteiger charge is 2.26. The number of halogens is 2. The van der Waals surface area contributed by atoms with Crippen molar-refractivity contribution in [2.75, 3.05) is 6.61 Å². The quantitative estimate of drug-likeness (QED) is 0.847. The first-order valence-corrected chi connectivity index (χ1v) is 6.43. The maximum absolute atomic E-state index is 14.0. The third-order valence-corrected chi connectivity index (χ3v) is 3.47. The van der Waals surface area contributed by atoms with Gasteiger partial charge >= 0.3 is 5.97 Å². The molecule has 0 saturated heterocycles. The standard InChI is InChI=1S/C14H16ClFO4/c1-14(2,7-17)10(18)6-4-8-3-5-9(15)11(12(8)16)13(19)20/h3,5,17H,4,6-7H2,1-2H3,(H,19,20). The molecule has 20 heavy (non-hydrogen) atoms. The van der Waals surface area contributed by atoms with Crippen molar-refractivity contribution >= 4 is 23.4 Å². The Hall–Kier alpha value is -1.46. The van der Waals surface area contributed by atoms with Crippen LogP contribution < -0.4 is 0 Å². The lowest BCUT2D eigenvalue weighted by Crippen LogP contribution is -2.28. The molecule has 1 rings (SSSR count). The molecular weight excluding hydrogens is 287 g/mol. The first-order valence-electron chi connectivity index (χ1n) is 6.05. The summed E-state index contributed by atoms with van der Waals surface area (Å²) in [5.41, 5.74) is -1.36. The van der Waals surface area contributed by atoms with Crippen LogP contribution in [0.15, 0.2) is 12.1 Å². The van der Waals surface area contributed by atoms with E-state index in [1.54, 1.807) is 13.8 Å². The Kier molecular flexibility index (Phi) is 5.25. The molecule has 1 aromatic rings. The van der Waals surface area contributed by atoms with Crippen LogP contribution in [0.3, 0.4) is 0 Å². The van der Waals surface area contributed by atoms with Gasteiger partial charge in [-0.1, -0.05) is 31.5 Å². The fraction of sp³-hybridized carbons (Fsp3) is 0.429. The zero-order valence-corrected chi connectivity index (χ0v) is 12.0. The summed E-state index contributed by atoms with van der Waals surface area (Å²) in [6, 6.07) is 2.66. The number of ketones is 1. The predicted octanol–water partition coefficient (Wildman–Crippen LogP) is 2.70. The Morgan fingerprint density at radius 2 is 1.95 bits per heavy atom. The van der Waals surface area contributed by atoms with E-state index < -0.39 is 22.8 Å². The van der Waals surface area contributed by atoms with E-state index in [1.165, 1.54) is 12.1 Å². The average Bonchev–Trinajstić information content (AvgIpc) is 2.37. The number of aromatic carboxylic acids is 1. The second-order valence-corrected chi connectivity index (χ2v) is 5.57. The van der Waals surface area contributed by atoms with Crippen LogP contribution in [0.1, 0.15) is 36.2 Å². The van der Waals surface area contributed by atoms with Crippen molar-refractivity contribution in [1.82, 2.24) is 0 Å². The Bertz CT molecular complexity index is 540. The summed E-state index contributed by atoms with van der Waals surface area (Å²) in [5.74, 6) is -2.58. The van der Waals surface area contributed by atoms with Crippen LogP contribution >= 0.6 is 11.6 Å². The molecule has 0 unspecified atom stereocenters. The third-order valence-electron chi connectivity index (χ3n) is 3.16. The van der Waals surface area contributed by atoms with Gasteiger partial charge in [0, 0.05) is 11.8 Å². The highest BCUT2D eigenvalue weighted by atomic mass is 35.5. The SMILES string of the molecule is CC(C)(CO)C(=O)CCc1ccc(Cl)c(C(=O)O)c1F. The molecule has 0 atom stereocenters. The zero-order chi connectivity index (χ0) is 15.5. The molecule has 1 aromatic carbocycles. The fourth-order valence-electron chi connectivity index (χ4n) is 1.66. The Labute approximate surface area is 121 Å². The summed E-state index contributed by atoms with van der Waals surface area (Å²) in [7, 11) is 0. The number of aliphatic hydroxyl groups excluding tert-OH is 1. The summed E-state index contributed by atoms with van der Waals surface area (Å²) < 4.78 is 14.0. The molecule has 0 fully saturated rings. The van der Waals surface area contributed by atoms with Crippen LogP contribution in [0.4, 0.5) is 4.39 Å². The number of hydrogen-bond donors (Lipinski definition) is 2. The molecule has 4 nitrogen and oxygen atoms in total. The van der Waals surface area contributed by atoms with E-state index in [9.17, 15) is 14.0 Å². The summed E-state index contributed by atoms with van der Waals surface area (Å²) in [4.78, 5) is 22.8. The smallest absolute Gasteiger partial charge is 0.340 e. The van der Waals surface area contributed by atoms with E-state index in [0.29, 0.717) is 0 Å². The molecule has 0 amide bonds.